The molecular weight excluding hydrogens is 358 g/mol. The van der Waals surface area contributed by atoms with Crippen molar-refractivity contribution in [3.8, 4) is 5.75 Å². The Kier molecular flexibility index (Phi) is 5.91. The van der Waals surface area contributed by atoms with Gasteiger partial charge in [0.2, 0.25) is 0 Å². The zero-order valence-electron chi connectivity index (χ0n) is 15.4. The Morgan fingerprint density at radius 2 is 1.89 bits per heavy atom. The molecule has 1 aliphatic rings. The number of carbonyl (C=O) groups is 2. The summed E-state index contributed by atoms with van der Waals surface area (Å²) in [7, 11) is 1.51. The van der Waals surface area contributed by atoms with E-state index in [2.05, 4.69) is 0 Å². The number of hydrogen-bond acceptors (Lipinski definition) is 5. The largest absolute Gasteiger partial charge is 0.508 e. The van der Waals surface area contributed by atoms with Crippen molar-refractivity contribution in [1.82, 2.24) is 4.90 Å². The van der Waals surface area contributed by atoms with Gasteiger partial charge in [0.25, 0.3) is 5.91 Å². The van der Waals surface area contributed by atoms with Gasteiger partial charge in [-0.25, -0.2) is 0 Å². The maximum absolute atomic E-state index is 12.9. The van der Waals surface area contributed by atoms with E-state index in [-0.39, 0.29) is 24.5 Å². The number of phenols is 1. The lowest BCUT2D eigenvalue weighted by molar-refractivity contribution is -0.130. The molecule has 6 heteroatoms. The summed E-state index contributed by atoms with van der Waals surface area (Å²) in [4.78, 5) is 26.9. The van der Waals surface area contributed by atoms with Gasteiger partial charge < -0.3 is 19.8 Å². The lowest BCUT2D eigenvalue weighted by Gasteiger charge is -2.26. The van der Waals surface area contributed by atoms with Gasteiger partial charge >= 0.3 is 0 Å². The zero-order chi connectivity index (χ0) is 20.1. The number of aromatic hydroxyl groups is 1. The van der Waals surface area contributed by atoms with E-state index in [0.29, 0.717) is 5.56 Å². The molecule has 0 aliphatic carbocycles. The van der Waals surface area contributed by atoms with Crippen LogP contribution in [0.5, 0.6) is 5.75 Å². The number of aliphatic hydroxyl groups excluding tert-OH is 1. The van der Waals surface area contributed by atoms with Crippen molar-refractivity contribution < 1.29 is 24.5 Å². The fourth-order valence-corrected chi connectivity index (χ4v) is 3.19. The third kappa shape index (κ3) is 3.97. The number of aliphatic hydroxyl groups is 1. The molecule has 3 rings (SSSR count). The minimum Gasteiger partial charge on any atom is -0.508 e. The monoisotopic (exact) mass is 379 g/mol. The average Bonchev–Trinajstić information content (AvgIpc) is 2.96. The second kappa shape index (κ2) is 8.54. The molecule has 2 aromatic carbocycles. The highest BCUT2D eigenvalue weighted by Gasteiger charge is 2.42. The van der Waals surface area contributed by atoms with Crippen LogP contribution in [0.1, 0.15) is 17.2 Å². The van der Waals surface area contributed by atoms with Crippen LogP contribution in [-0.4, -0.2) is 47.1 Å². The van der Waals surface area contributed by atoms with Crippen molar-refractivity contribution in [3.05, 3.63) is 83.1 Å². The summed E-state index contributed by atoms with van der Waals surface area (Å²) >= 11 is 0. The minimum absolute atomic E-state index is 0.00894. The van der Waals surface area contributed by atoms with Gasteiger partial charge in [0.15, 0.2) is 11.5 Å². The molecule has 28 heavy (non-hydrogen) atoms. The number of benzene rings is 2. The molecule has 1 unspecified atom stereocenters. The lowest BCUT2D eigenvalue weighted by atomic mass is 9.95. The second-order valence-corrected chi connectivity index (χ2v) is 6.36. The van der Waals surface area contributed by atoms with E-state index in [0.717, 1.165) is 5.56 Å². The van der Waals surface area contributed by atoms with Crippen molar-refractivity contribution in [2.24, 2.45) is 0 Å². The fraction of sp³-hybridized carbons (Fsp3) is 0.182. The zero-order valence-corrected chi connectivity index (χ0v) is 15.4. The quantitative estimate of drug-likeness (QED) is 0.722. The summed E-state index contributed by atoms with van der Waals surface area (Å²) in [6.45, 7) is 0.439. The van der Waals surface area contributed by atoms with E-state index in [4.69, 9.17) is 4.74 Å². The molecule has 6 nitrogen and oxygen atoms in total. The van der Waals surface area contributed by atoms with Crippen LogP contribution in [0.2, 0.25) is 0 Å². The highest BCUT2D eigenvalue weighted by Crippen LogP contribution is 2.38. The van der Waals surface area contributed by atoms with Crippen molar-refractivity contribution >= 4 is 17.8 Å². The molecule has 0 fully saturated rings. The number of rotatable bonds is 7. The van der Waals surface area contributed by atoms with Crippen molar-refractivity contribution in [3.63, 3.8) is 0 Å². The Bertz CT molecular complexity index is 933. The molecule has 1 heterocycles. The molecule has 0 saturated carbocycles. The van der Waals surface area contributed by atoms with Gasteiger partial charge in [0.05, 0.1) is 18.2 Å². The van der Waals surface area contributed by atoms with Gasteiger partial charge in [-0.05, 0) is 29.3 Å². The van der Waals surface area contributed by atoms with Crippen molar-refractivity contribution in [1.29, 1.82) is 0 Å². The first kappa shape index (κ1) is 19.4. The first-order chi connectivity index (χ1) is 13.5. The number of amides is 1. The highest BCUT2D eigenvalue weighted by atomic mass is 16.5. The number of phenolic OH excluding ortho intramolecular Hbond substituents is 1. The summed E-state index contributed by atoms with van der Waals surface area (Å²) in [5.74, 6) is -1.67. The number of carbonyl (C=O) groups excluding carboxylic acids is 2. The summed E-state index contributed by atoms with van der Waals surface area (Å²) < 4.78 is 5.05. The molecule has 1 aliphatic heterocycles. The smallest absolute Gasteiger partial charge is 0.290 e. The SMILES string of the molecule is COCCN1C(=O)C(O)=C(C(=O)/C=C/c2ccccc2)C1c1cccc(O)c1. The number of allylic oxidation sites excluding steroid dienone is 1. The topological polar surface area (TPSA) is 87.1 Å². The van der Waals surface area contributed by atoms with Crippen molar-refractivity contribution in [2.75, 3.05) is 20.3 Å². The van der Waals surface area contributed by atoms with Gasteiger partial charge in [0, 0.05) is 13.7 Å². The fourth-order valence-electron chi connectivity index (χ4n) is 3.19. The Hall–Kier alpha value is -3.38. The van der Waals surface area contributed by atoms with Crippen LogP contribution in [0.15, 0.2) is 72.0 Å². The summed E-state index contributed by atoms with van der Waals surface area (Å²) in [6.07, 6.45) is 2.97. The third-order valence-corrected chi connectivity index (χ3v) is 4.52. The van der Waals surface area contributed by atoms with Crippen LogP contribution >= 0.6 is 0 Å². The van der Waals surface area contributed by atoms with E-state index in [1.807, 2.05) is 30.3 Å². The summed E-state index contributed by atoms with van der Waals surface area (Å²) in [5, 5.41) is 20.3. The van der Waals surface area contributed by atoms with Crippen LogP contribution in [0.4, 0.5) is 0 Å². The van der Waals surface area contributed by atoms with Gasteiger partial charge in [-0.2, -0.15) is 0 Å². The molecule has 0 saturated heterocycles. The first-order valence-electron chi connectivity index (χ1n) is 8.82. The third-order valence-electron chi connectivity index (χ3n) is 4.52. The van der Waals surface area contributed by atoms with Crippen LogP contribution in [0.25, 0.3) is 6.08 Å². The Labute approximate surface area is 163 Å². The van der Waals surface area contributed by atoms with E-state index in [1.165, 1.54) is 30.2 Å². The first-order valence-corrected chi connectivity index (χ1v) is 8.82. The molecule has 0 bridgehead atoms. The Balaban J connectivity index is 1.98. The normalized spacial score (nSPS) is 17.0. The van der Waals surface area contributed by atoms with E-state index >= 15 is 0 Å². The second-order valence-electron chi connectivity index (χ2n) is 6.36. The molecule has 2 N–H and O–H groups in total. The summed E-state index contributed by atoms with van der Waals surface area (Å²) in [6, 6.07) is 14.8. The number of hydrogen-bond donors (Lipinski definition) is 2. The molecule has 1 atom stereocenters. The Morgan fingerprint density at radius 3 is 2.57 bits per heavy atom. The average molecular weight is 379 g/mol. The molecule has 0 spiro atoms. The number of nitrogens with zero attached hydrogens (tertiary/aromatic N) is 1. The van der Waals surface area contributed by atoms with Crippen molar-refractivity contribution in [2.45, 2.75) is 6.04 Å². The van der Waals surface area contributed by atoms with Crippen LogP contribution in [0, 0.1) is 0 Å². The van der Waals surface area contributed by atoms with Crippen LogP contribution < -0.4 is 0 Å². The molecule has 0 aromatic heterocycles. The van der Waals surface area contributed by atoms with E-state index < -0.39 is 23.5 Å². The highest BCUT2D eigenvalue weighted by molar-refractivity contribution is 6.14. The van der Waals surface area contributed by atoms with Gasteiger partial charge in [-0.1, -0.05) is 48.5 Å². The maximum Gasteiger partial charge on any atom is 0.290 e. The van der Waals surface area contributed by atoms with E-state index in [1.54, 1.807) is 18.2 Å². The predicted octanol–water partition coefficient (Wildman–Crippen LogP) is 3.02. The van der Waals surface area contributed by atoms with Gasteiger partial charge in [0.1, 0.15) is 5.75 Å². The van der Waals surface area contributed by atoms with Gasteiger partial charge in [-0.15, -0.1) is 0 Å². The predicted molar refractivity (Wildman–Crippen MR) is 105 cm³/mol. The minimum atomic E-state index is -0.803. The maximum atomic E-state index is 12.9. The van der Waals surface area contributed by atoms with Crippen LogP contribution in [-0.2, 0) is 14.3 Å². The van der Waals surface area contributed by atoms with E-state index in [9.17, 15) is 19.8 Å². The molecule has 0 radical (unpaired) electrons. The standard InChI is InChI=1S/C22H21NO5/c1-28-13-12-23-20(16-8-5-9-17(24)14-16)19(21(26)22(23)27)18(25)11-10-15-6-3-2-4-7-15/h2-11,14,20,24,26H,12-13H2,1H3/b11-10+. The molecule has 2 aromatic rings. The lowest BCUT2D eigenvalue weighted by Crippen LogP contribution is -2.33. The van der Waals surface area contributed by atoms with Crippen LogP contribution in [0.3, 0.4) is 0 Å². The number of ether oxygens (including phenoxy) is 1. The number of methoxy groups -OCH3 is 1. The molecule has 1 amide bonds. The number of ketones is 1. The van der Waals surface area contributed by atoms with Gasteiger partial charge in [-0.3, -0.25) is 9.59 Å². The summed E-state index contributed by atoms with van der Waals surface area (Å²) in [5.41, 5.74) is 1.34. The Morgan fingerprint density at radius 1 is 1.14 bits per heavy atom. The molecular formula is C22H21NO5. The molecule has 144 valence electrons.